The topological polar surface area (TPSA) is 12.0 Å². The van der Waals surface area contributed by atoms with E-state index in [1.165, 1.54) is 5.54 Å². The first-order valence-corrected chi connectivity index (χ1v) is 3.38. The van der Waals surface area contributed by atoms with E-state index in [9.17, 15) is 0 Å². The van der Waals surface area contributed by atoms with Crippen LogP contribution in [0.5, 0.6) is 0 Å². The molecule has 1 N–H and O–H groups in total. The zero-order valence-electron chi connectivity index (χ0n) is 5.03. The minimum atomic E-state index is 0.609. The molecule has 0 aliphatic rings. The van der Waals surface area contributed by atoms with Gasteiger partial charge in [0.25, 0.3) is 0 Å². The molecule has 0 heterocycles. The molecule has 0 aromatic rings. The van der Waals surface area contributed by atoms with E-state index in [1.54, 1.807) is 6.08 Å². The van der Waals surface area contributed by atoms with E-state index in [0.29, 0.717) is 11.6 Å². The van der Waals surface area contributed by atoms with Gasteiger partial charge >= 0.3 is 0 Å². The summed E-state index contributed by atoms with van der Waals surface area (Å²) in [5.74, 6) is 0. The summed E-state index contributed by atoms with van der Waals surface area (Å²) >= 11 is 10.7. The first-order valence-electron chi connectivity index (χ1n) is 2.56. The van der Waals surface area contributed by atoms with E-state index in [2.05, 4.69) is 11.9 Å². The summed E-state index contributed by atoms with van der Waals surface area (Å²) in [5, 5.41) is 3.59. The monoisotopic (exact) mass is 165 g/mol. The summed E-state index contributed by atoms with van der Waals surface area (Å²) in [6.45, 7) is 4.86. The van der Waals surface area contributed by atoms with Crippen LogP contribution in [0.15, 0.2) is 23.2 Å². The molecule has 0 bridgehead atoms. The Bertz CT molecular complexity index is 110. The molecule has 0 saturated heterocycles. The average molecular weight is 166 g/mol. The molecule has 0 aromatic heterocycles. The number of hydrogen-bond acceptors (Lipinski definition) is 1. The lowest BCUT2D eigenvalue weighted by Gasteiger charge is -1.95. The summed E-state index contributed by atoms with van der Waals surface area (Å²) < 4.78 is 0. The Kier molecular flexibility index (Phi) is 6.16. The van der Waals surface area contributed by atoms with E-state index in [1.807, 2.05) is 0 Å². The van der Waals surface area contributed by atoms with Gasteiger partial charge in [-0.3, -0.25) is 0 Å². The molecule has 0 fully saturated rings. The van der Waals surface area contributed by atoms with Gasteiger partial charge in [0.1, 0.15) is 0 Å². The molecule has 52 valence electrons. The molecular formula is C6H9Cl2N. The second kappa shape index (κ2) is 6.14. The van der Waals surface area contributed by atoms with E-state index in [4.69, 9.17) is 23.2 Å². The van der Waals surface area contributed by atoms with Crippen molar-refractivity contribution in [2.75, 3.05) is 13.1 Å². The lowest BCUT2D eigenvalue weighted by molar-refractivity contribution is 0.837. The molecule has 1 nitrogen and oxygen atoms in total. The molecule has 0 atom stereocenters. The zero-order chi connectivity index (χ0) is 7.11. The fourth-order valence-corrected chi connectivity index (χ4v) is 0.519. The summed E-state index contributed by atoms with van der Waals surface area (Å²) in [7, 11) is 0. The first kappa shape index (κ1) is 9.02. The van der Waals surface area contributed by atoms with Crippen LogP contribution >= 0.6 is 23.2 Å². The molecule has 0 saturated carbocycles. The first-order chi connectivity index (χ1) is 4.27. The Morgan fingerprint density at radius 1 is 1.67 bits per heavy atom. The summed E-state index contributed by atoms with van der Waals surface area (Å²) in [6.07, 6.45) is 1.79. The van der Waals surface area contributed by atoms with Gasteiger partial charge in [-0.15, -0.1) is 0 Å². The van der Waals surface area contributed by atoms with Gasteiger partial charge in [0, 0.05) is 23.7 Å². The van der Waals surface area contributed by atoms with Crippen molar-refractivity contribution in [2.45, 2.75) is 0 Å². The SMILES string of the molecule is C=C(Cl)CNC/C=C/Cl. The lowest BCUT2D eigenvalue weighted by Crippen LogP contribution is -2.14. The van der Waals surface area contributed by atoms with Crippen LogP contribution in [0.1, 0.15) is 0 Å². The van der Waals surface area contributed by atoms with Crippen LogP contribution in [0.3, 0.4) is 0 Å². The van der Waals surface area contributed by atoms with Crippen molar-refractivity contribution in [1.82, 2.24) is 5.32 Å². The minimum absolute atomic E-state index is 0.609. The van der Waals surface area contributed by atoms with Gasteiger partial charge in [-0.05, 0) is 0 Å². The van der Waals surface area contributed by atoms with E-state index >= 15 is 0 Å². The predicted molar refractivity (Wildman–Crippen MR) is 42.9 cm³/mol. The maximum atomic E-state index is 5.44. The third-order valence-electron chi connectivity index (χ3n) is 0.668. The van der Waals surface area contributed by atoms with Crippen molar-refractivity contribution in [1.29, 1.82) is 0 Å². The fourth-order valence-electron chi connectivity index (χ4n) is 0.336. The highest BCUT2D eigenvalue weighted by Crippen LogP contribution is 1.91. The maximum absolute atomic E-state index is 5.44. The van der Waals surface area contributed by atoms with Gasteiger partial charge in [-0.2, -0.15) is 0 Å². The van der Waals surface area contributed by atoms with E-state index in [-0.39, 0.29) is 0 Å². The average Bonchev–Trinajstić information content (AvgIpc) is 1.80. The molecule has 0 rings (SSSR count). The third kappa shape index (κ3) is 8.02. The zero-order valence-corrected chi connectivity index (χ0v) is 6.54. The lowest BCUT2D eigenvalue weighted by atomic mass is 10.5. The highest BCUT2D eigenvalue weighted by atomic mass is 35.5. The Morgan fingerprint density at radius 3 is 2.78 bits per heavy atom. The number of halogens is 2. The van der Waals surface area contributed by atoms with E-state index in [0.717, 1.165) is 6.54 Å². The van der Waals surface area contributed by atoms with Gasteiger partial charge in [-0.25, -0.2) is 0 Å². The molecule has 0 amide bonds. The van der Waals surface area contributed by atoms with Gasteiger partial charge in [0.2, 0.25) is 0 Å². The Morgan fingerprint density at radius 2 is 2.33 bits per heavy atom. The van der Waals surface area contributed by atoms with Gasteiger partial charge in [0.05, 0.1) is 0 Å². The summed E-state index contributed by atoms with van der Waals surface area (Å²) in [6, 6.07) is 0. The molecule has 0 aromatic carbocycles. The normalized spacial score (nSPS) is 10.4. The van der Waals surface area contributed by atoms with E-state index < -0.39 is 0 Å². The quantitative estimate of drug-likeness (QED) is 0.630. The van der Waals surface area contributed by atoms with Crippen molar-refractivity contribution < 1.29 is 0 Å². The van der Waals surface area contributed by atoms with Crippen molar-refractivity contribution in [2.24, 2.45) is 0 Å². The highest BCUT2D eigenvalue weighted by Gasteiger charge is 1.83. The van der Waals surface area contributed by atoms with Crippen LogP contribution in [-0.2, 0) is 0 Å². The Balaban J connectivity index is 3.01. The van der Waals surface area contributed by atoms with Crippen molar-refractivity contribution >= 4 is 23.2 Å². The molecule has 9 heavy (non-hydrogen) atoms. The van der Waals surface area contributed by atoms with Gasteiger partial charge in [0.15, 0.2) is 0 Å². The van der Waals surface area contributed by atoms with Gasteiger partial charge in [-0.1, -0.05) is 35.9 Å². The molecule has 0 unspecified atom stereocenters. The minimum Gasteiger partial charge on any atom is -0.308 e. The standard InChI is InChI=1S/C6H9Cl2N/c1-6(8)5-9-4-2-3-7/h2-3,9H,1,4-5H2/b3-2+. The largest absolute Gasteiger partial charge is 0.308 e. The van der Waals surface area contributed by atoms with Gasteiger partial charge < -0.3 is 5.32 Å². The molecular weight excluding hydrogens is 157 g/mol. The van der Waals surface area contributed by atoms with Crippen molar-refractivity contribution in [3.05, 3.63) is 23.2 Å². The fraction of sp³-hybridized carbons (Fsp3) is 0.333. The second-order valence-corrected chi connectivity index (χ2v) is 2.30. The van der Waals surface area contributed by atoms with Crippen molar-refractivity contribution in [3.8, 4) is 0 Å². The van der Waals surface area contributed by atoms with Crippen LogP contribution in [0.4, 0.5) is 0 Å². The summed E-state index contributed by atoms with van der Waals surface area (Å²) in [5.41, 5.74) is 1.46. The molecule has 0 spiro atoms. The van der Waals surface area contributed by atoms with Crippen LogP contribution in [-0.4, -0.2) is 13.1 Å². The van der Waals surface area contributed by atoms with Crippen LogP contribution in [0, 0.1) is 0 Å². The Labute approximate surface area is 65.3 Å². The molecule has 0 aliphatic carbocycles. The number of hydrogen-bond donors (Lipinski definition) is 1. The predicted octanol–water partition coefficient (Wildman–Crippen LogP) is 2.08. The molecule has 3 heteroatoms. The highest BCUT2D eigenvalue weighted by molar-refractivity contribution is 6.29. The van der Waals surface area contributed by atoms with Crippen LogP contribution in [0.25, 0.3) is 0 Å². The molecule has 0 radical (unpaired) electrons. The maximum Gasteiger partial charge on any atom is 0.0310 e. The Hall–Kier alpha value is 0.0200. The van der Waals surface area contributed by atoms with Crippen LogP contribution < -0.4 is 5.32 Å². The smallest absolute Gasteiger partial charge is 0.0310 e. The summed E-state index contributed by atoms with van der Waals surface area (Å²) in [4.78, 5) is 0. The molecule has 0 aliphatic heterocycles. The number of rotatable bonds is 4. The second-order valence-electron chi connectivity index (χ2n) is 1.51. The third-order valence-corrected chi connectivity index (χ3v) is 0.980. The van der Waals surface area contributed by atoms with Crippen molar-refractivity contribution in [3.63, 3.8) is 0 Å². The van der Waals surface area contributed by atoms with Crippen LogP contribution in [0.2, 0.25) is 0 Å². The number of nitrogens with one attached hydrogen (secondary N) is 1.